The number of hydrogen-bond acceptors (Lipinski definition) is 5. The third kappa shape index (κ3) is 4.25. The van der Waals surface area contributed by atoms with Crippen LogP contribution in [0.15, 0.2) is 65.7 Å². The second-order valence-corrected chi connectivity index (χ2v) is 6.74. The lowest BCUT2D eigenvalue weighted by Gasteiger charge is -2.04. The largest absolute Gasteiger partial charge is 0.322 e. The molecule has 1 amide bonds. The van der Waals surface area contributed by atoms with Crippen LogP contribution in [0.2, 0.25) is 0 Å². The third-order valence-corrected chi connectivity index (χ3v) is 4.21. The number of benzene rings is 2. The molecule has 0 spiro atoms. The van der Waals surface area contributed by atoms with Gasteiger partial charge in [-0.25, -0.2) is 18.5 Å². The first-order valence-corrected chi connectivity index (χ1v) is 8.80. The van der Waals surface area contributed by atoms with Gasteiger partial charge in [-0.1, -0.05) is 18.2 Å². The third-order valence-electron chi connectivity index (χ3n) is 3.30. The van der Waals surface area contributed by atoms with Gasteiger partial charge in [0.25, 0.3) is 0 Å². The molecule has 0 atom stereocenters. The number of nitrogens with zero attached hydrogens (tertiary/aromatic N) is 2. The summed E-state index contributed by atoms with van der Waals surface area (Å²) in [6.07, 6.45) is 4.38. The molecule has 0 saturated heterocycles. The van der Waals surface area contributed by atoms with Crippen molar-refractivity contribution in [3.63, 3.8) is 0 Å². The second kappa shape index (κ2) is 6.80. The molecule has 0 unspecified atom stereocenters. The Morgan fingerprint density at radius 3 is 2.60 bits per heavy atom. The molecule has 2 aromatic carbocycles. The van der Waals surface area contributed by atoms with E-state index < -0.39 is 15.9 Å². The molecule has 0 aliphatic carbocycles. The van der Waals surface area contributed by atoms with Gasteiger partial charge in [0.1, 0.15) is 0 Å². The Morgan fingerprint density at radius 1 is 1.08 bits per heavy atom. The molecule has 0 bridgehead atoms. The summed E-state index contributed by atoms with van der Waals surface area (Å²) >= 11 is 0. The molecule has 3 aromatic rings. The van der Waals surface area contributed by atoms with Crippen LogP contribution < -0.4 is 10.5 Å². The van der Waals surface area contributed by atoms with Crippen LogP contribution in [0.4, 0.5) is 5.69 Å². The number of anilines is 1. The minimum absolute atomic E-state index is 0.0744. The highest BCUT2D eigenvalue weighted by molar-refractivity contribution is 7.89. The quantitative estimate of drug-likeness (QED) is 0.695. The van der Waals surface area contributed by atoms with Crippen LogP contribution in [-0.2, 0) is 14.8 Å². The van der Waals surface area contributed by atoms with E-state index in [0.717, 1.165) is 11.0 Å². The summed E-state index contributed by atoms with van der Waals surface area (Å²) in [6, 6.07) is 13.1. The Morgan fingerprint density at radius 2 is 1.84 bits per heavy atom. The molecule has 25 heavy (non-hydrogen) atoms. The number of hydrogen-bond donors (Lipinski definition) is 2. The van der Waals surface area contributed by atoms with Gasteiger partial charge in [0, 0.05) is 11.8 Å². The molecular formula is C17H14N4O3S. The second-order valence-electron chi connectivity index (χ2n) is 5.18. The van der Waals surface area contributed by atoms with E-state index in [4.69, 9.17) is 5.14 Å². The van der Waals surface area contributed by atoms with Crippen LogP contribution in [-0.4, -0.2) is 24.3 Å². The molecule has 0 radical (unpaired) electrons. The standard InChI is InChI=1S/C17H14N4O3S/c18-25(23,24)14-5-3-4-12(10-14)21-17(22)9-8-13-11-19-15-6-1-2-7-16(15)20-13/h1-11H,(H,21,22)(H2,18,23,24)/b9-8+. The van der Waals surface area contributed by atoms with Crippen molar-refractivity contribution in [1.29, 1.82) is 0 Å². The molecule has 0 aliphatic heterocycles. The monoisotopic (exact) mass is 354 g/mol. The molecule has 3 rings (SSSR count). The number of primary sulfonamides is 1. The number of aromatic nitrogens is 2. The summed E-state index contributed by atoms with van der Waals surface area (Å²) in [5.41, 5.74) is 2.35. The van der Waals surface area contributed by atoms with Crippen molar-refractivity contribution in [2.24, 2.45) is 5.14 Å². The van der Waals surface area contributed by atoms with Crippen molar-refractivity contribution in [2.45, 2.75) is 4.90 Å². The number of rotatable bonds is 4. The van der Waals surface area contributed by atoms with Crippen molar-refractivity contribution in [3.8, 4) is 0 Å². The summed E-state index contributed by atoms with van der Waals surface area (Å²) in [7, 11) is -3.82. The number of carbonyl (C=O) groups is 1. The van der Waals surface area contributed by atoms with Crippen molar-refractivity contribution in [1.82, 2.24) is 9.97 Å². The maximum absolute atomic E-state index is 12.0. The first kappa shape index (κ1) is 16.7. The maximum Gasteiger partial charge on any atom is 0.248 e. The summed E-state index contributed by atoms with van der Waals surface area (Å²) in [5, 5.41) is 7.63. The number of sulfonamides is 1. The first-order valence-electron chi connectivity index (χ1n) is 7.25. The Balaban J connectivity index is 1.74. The zero-order valence-corrected chi connectivity index (χ0v) is 13.8. The fourth-order valence-corrected chi connectivity index (χ4v) is 2.71. The van der Waals surface area contributed by atoms with Gasteiger partial charge in [-0.2, -0.15) is 0 Å². The lowest BCUT2D eigenvalue weighted by atomic mass is 10.3. The average Bonchev–Trinajstić information content (AvgIpc) is 2.59. The molecule has 3 N–H and O–H groups in total. The molecular weight excluding hydrogens is 340 g/mol. The number of amides is 1. The minimum atomic E-state index is -3.82. The maximum atomic E-state index is 12.0. The number of nitrogens with two attached hydrogens (primary N) is 1. The van der Waals surface area contributed by atoms with Crippen molar-refractivity contribution in [3.05, 3.63) is 66.5 Å². The number of para-hydroxylation sites is 2. The SMILES string of the molecule is NS(=O)(=O)c1cccc(NC(=O)/C=C/c2cnc3ccccc3n2)c1. The van der Waals surface area contributed by atoms with E-state index >= 15 is 0 Å². The zero-order chi connectivity index (χ0) is 17.9. The van der Waals surface area contributed by atoms with Crippen LogP contribution in [0.25, 0.3) is 17.1 Å². The van der Waals surface area contributed by atoms with Gasteiger partial charge in [0.15, 0.2) is 0 Å². The topological polar surface area (TPSA) is 115 Å². The van der Waals surface area contributed by atoms with Gasteiger partial charge in [0.2, 0.25) is 15.9 Å². The van der Waals surface area contributed by atoms with Crippen LogP contribution in [0, 0.1) is 0 Å². The van der Waals surface area contributed by atoms with Crippen molar-refractivity contribution < 1.29 is 13.2 Å². The smallest absolute Gasteiger partial charge is 0.248 e. The highest BCUT2D eigenvalue weighted by Gasteiger charge is 2.08. The van der Waals surface area contributed by atoms with Gasteiger partial charge in [-0.15, -0.1) is 0 Å². The summed E-state index contributed by atoms with van der Waals surface area (Å²) in [6.45, 7) is 0. The highest BCUT2D eigenvalue weighted by Crippen LogP contribution is 2.14. The van der Waals surface area contributed by atoms with E-state index in [-0.39, 0.29) is 4.90 Å². The van der Waals surface area contributed by atoms with Gasteiger partial charge >= 0.3 is 0 Å². The van der Waals surface area contributed by atoms with Crippen molar-refractivity contribution >= 4 is 38.7 Å². The van der Waals surface area contributed by atoms with Crippen LogP contribution in [0.5, 0.6) is 0 Å². The van der Waals surface area contributed by atoms with E-state index in [0.29, 0.717) is 11.4 Å². The summed E-state index contributed by atoms with van der Waals surface area (Å²) in [4.78, 5) is 20.5. The average molecular weight is 354 g/mol. The fraction of sp³-hybridized carbons (Fsp3) is 0. The molecule has 126 valence electrons. The Bertz CT molecular complexity index is 1080. The first-order chi connectivity index (χ1) is 11.9. The molecule has 0 saturated carbocycles. The zero-order valence-electron chi connectivity index (χ0n) is 13.0. The molecule has 1 aromatic heterocycles. The van der Waals surface area contributed by atoms with Crippen LogP contribution in [0.3, 0.4) is 0 Å². The van der Waals surface area contributed by atoms with Gasteiger partial charge in [0.05, 0.1) is 27.8 Å². The lowest BCUT2D eigenvalue weighted by molar-refractivity contribution is -0.111. The lowest BCUT2D eigenvalue weighted by Crippen LogP contribution is -2.13. The van der Waals surface area contributed by atoms with E-state index in [2.05, 4.69) is 15.3 Å². The van der Waals surface area contributed by atoms with Gasteiger partial charge < -0.3 is 5.32 Å². The predicted molar refractivity (Wildman–Crippen MR) is 95.0 cm³/mol. The van der Waals surface area contributed by atoms with Crippen LogP contribution >= 0.6 is 0 Å². The predicted octanol–water partition coefficient (Wildman–Crippen LogP) is 1.93. The van der Waals surface area contributed by atoms with Crippen molar-refractivity contribution in [2.75, 3.05) is 5.32 Å². The number of carbonyl (C=O) groups excluding carboxylic acids is 1. The number of nitrogens with one attached hydrogen (secondary N) is 1. The van der Waals surface area contributed by atoms with Gasteiger partial charge in [-0.3, -0.25) is 9.78 Å². The Kier molecular flexibility index (Phi) is 4.55. The Labute approximate surface area is 144 Å². The molecule has 0 fully saturated rings. The number of fused-ring (bicyclic) bond motifs is 1. The molecule has 0 aliphatic rings. The van der Waals surface area contributed by atoms with Gasteiger partial charge in [-0.05, 0) is 36.4 Å². The summed E-state index contributed by atoms with van der Waals surface area (Å²) < 4.78 is 22.6. The molecule has 1 heterocycles. The molecule has 7 nitrogen and oxygen atoms in total. The highest BCUT2D eigenvalue weighted by atomic mass is 32.2. The Hall–Kier alpha value is -3.10. The van der Waals surface area contributed by atoms with E-state index in [1.54, 1.807) is 12.3 Å². The van der Waals surface area contributed by atoms with E-state index in [1.807, 2.05) is 24.3 Å². The van der Waals surface area contributed by atoms with Crippen LogP contribution in [0.1, 0.15) is 5.69 Å². The van der Waals surface area contributed by atoms with E-state index in [9.17, 15) is 13.2 Å². The fourth-order valence-electron chi connectivity index (χ4n) is 2.15. The van der Waals surface area contributed by atoms with E-state index in [1.165, 1.54) is 30.4 Å². The molecule has 8 heteroatoms. The minimum Gasteiger partial charge on any atom is -0.322 e. The normalized spacial score (nSPS) is 11.7. The summed E-state index contributed by atoms with van der Waals surface area (Å²) in [5.74, 6) is -0.429.